The maximum Gasteiger partial charge on any atom is 0.173 e. The van der Waals surface area contributed by atoms with Crippen LogP contribution in [-0.2, 0) is 9.84 Å². The fourth-order valence-electron chi connectivity index (χ4n) is 1.69. The molecule has 0 heterocycles. The second kappa shape index (κ2) is 6.74. The largest absolute Gasteiger partial charge is 0.271 e. The van der Waals surface area contributed by atoms with Crippen LogP contribution in [-0.4, -0.2) is 20.4 Å². The fraction of sp³-hybridized carbons (Fsp3) is 0.455. The van der Waals surface area contributed by atoms with Crippen LogP contribution in [0.5, 0.6) is 0 Å². The van der Waals surface area contributed by atoms with Gasteiger partial charge in [0.1, 0.15) is 9.84 Å². The summed E-state index contributed by atoms with van der Waals surface area (Å²) in [5.41, 5.74) is 2.93. The topological polar surface area (TPSA) is 72.2 Å². The first-order chi connectivity index (χ1) is 8.76. The van der Waals surface area contributed by atoms with Gasteiger partial charge in [0.25, 0.3) is 0 Å². The molecular weight excluding hydrogens is 342 g/mol. The third-order valence-corrected chi connectivity index (χ3v) is 4.49. The summed E-state index contributed by atoms with van der Waals surface area (Å²) in [6.45, 7) is 0. The Labute approximate surface area is 119 Å². The summed E-state index contributed by atoms with van der Waals surface area (Å²) in [5, 5.41) is 0. The molecule has 0 fully saturated rings. The summed E-state index contributed by atoms with van der Waals surface area (Å²) < 4.78 is 48.5. The number of hydrogen-bond acceptors (Lipinski definition) is 4. The Morgan fingerprint density at radius 1 is 1.42 bits per heavy atom. The van der Waals surface area contributed by atoms with E-state index in [1.54, 1.807) is 0 Å². The first-order valence-electron chi connectivity index (χ1n) is 5.53. The standard InChI is InChI=1S/C11H15BrF2N2O2S/c1-19(17,18)6-2-3-9(16-15)7-4-5-8(13)11(14)10(7)12/h4-5,9,16H,2-3,6,15H2,1H3. The summed E-state index contributed by atoms with van der Waals surface area (Å²) in [7, 11) is -3.05. The summed E-state index contributed by atoms with van der Waals surface area (Å²) in [4.78, 5) is 0. The third-order valence-electron chi connectivity index (χ3n) is 2.65. The maximum atomic E-state index is 13.4. The van der Waals surface area contributed by atoms with Gasteiger partial charge in [0.2, 0.25) is 0 Å². The lowest BCUT2D eigenvalue weighted by Gasteiger charge is -2.18. The molecule has 0 aromatic heterocycles. The minimum Gasteiger partial charge on any atom is -0.271 e. The summed E-state index contributed by atoms with van der Waals surface area (Å²) in [5.74, 6) is 3.45. The van der Waals surface area contributed by atoms with E-state index in [0.717, 1.165) is 12.3 Å². The molecular formula is C11H15BrF2N2O2S. The normalized spacial score (nSPS) is 13.5. The van der Waals surface area contributed by atoms with Gasteiger partial charge in [-0.2, -0.15) is 0 Å². The lowest BCUT2D eigenvalue weighted by Crippen LogP contribution is -2.29. The highest BCUT2D eigenvalue weighted by Gasteiger charge is 2.18. The van der Waals surface area contributed by atoms with Crippen molar-refractivity contribution in [2.24, 2.45) is 5.84 Å². The molecule has 1 unspecified atom stereocenters. The van der Waals surface area contributed by atoms with Crippen LogP contribution in [0.4, 0.5) is 8.78 Å². The maximum absolute atomic E-state index is 13.4. The molecule has 1 aromatic rings. The number of rotatable bonds is 6. The van der Waals surface area contributed by atoms with Gasteiger partial charge in [-0.25, -0.2) is 17.2 Å². The Bertz CT molecular complexity index is 552. The molecule has 4 nitrogen and oxygen atoms in total. The van der Waals surface area contributed by atoms with Crippen molar-refractivity contribution in [2.45, 2.75) is 18.9 Å². The van der Waals surface area contributed by atoms with Gasteiger partial charge in [0, 0.05) is 18.1 Å². The van der Waals surface area contributed by atoms with Gasteiger partial charge in [0.05, 0.1) is 4.47 Å². The smallest absolute Gasteiger partial charge is 0.173 e. The molecule has 1 atom stereocenters. The van der Waals surface area contributed by atoms with Gasteiger partial charge in [-0.3, -0.25) is 11.3 Å². The average molecular weight is 357 g/mol. The summed E-state index contributed by atoms with van der Waals surface area (Å²) in [6.07, 6.45) is 1.91. The van der Waals surface area contributed by atoms with Crippen molar-refractivity contribution < 1.29 is 17.2 Å². The molecule has 0 aliphatic heterocycles. The Balaban J connectivity index is 2.83. The van der Waals surface area contributed by atoms with Crippen molar-refractivity contribution in [1.29, 1.82) is 0 Å². The van der Waals surface area contributed by atoms with Gasteiger partial charge in [0.15, 0.2) is 11.6 Å². The summed E-state index contributed by atoms with van der Waals surface area (Å²) in [6, 6.07) is 1.97. The minimum atomic E-state index is -3.05. The molecule has 3 N–H and O–H groups in total. The minimum absolute atomic E-state index is 0.00481. The van der Waals surface area contributed by atoms with Crippen LogP contribution in [0.2, 0.25) is 0 Å². The van der Waals surface area contributed by atoms with Crippen molar-refractivity contribution >= 4 is 25.8 Å². The van der Waals surface area contributed by atoms with E-state index >= 15 is 0 Å². The van der Waals surface area contributed by atoms with Gasteiger partial charge < -0.3 is 0 Å². The van der Waals surface area contributed by atoms with E-state index in [4.69, 9.17) is 5.84 Å². The Morgan fingerprint density at radius 2 is 2.05 bits per heavy atom. The molecule has 1 rings (SSSR count). The monoisotopic (exact) mass is 356 g/mol. The highest BCUT2D eigenvalue weighted by molar-refractivity contribution is 9.10. The fourth-order valence-corrected chi connectivity index (χ4v) is 2.98. The van der Waals surface area contributed by atoms with Crippen LogP contribution in [0.3, 0.4) is 0 Å². The van der Waals surface area contributed by atoms with Crippen LogP contribution in [0, 0.1) is 11.6 Å². The third kappa shape index (κ3) is 4.79. The molecule has 0 bridgehead atoms. The molecule has 0 spiro atoms. The molecule has 0 saturated carbocycles. The lowest BCUT2D eigenvalue weighted by atomic mass is 10.0. The van der Waals surface area contributed by atoms with E-state index in [1.807, 2.05) is 0 Å². The number of halogens is 3. The predicted octanol–water partition coefficient (Wildman–Crippen LogP) is 2.06. The van der Waals surface area contributed by atoms with Crippen LogP contribution in [0.1, 0.15) is 24.4 Å². The average Bonchev–Trinajstić information content (AvgIpc) is 2.32. The van der Waals surface area contributed by atoms with Crippen molar-refractivity contribution in [2.75, 3.05) is 12.0 Å². The van der Waals surface area contributed by atoms with Crippen LogP contribution in [0.15, 0.2) is 16.6 Å². The van der Waals surface area contributed by atoms with Crippen molar-refractivity contribution in [3.63, 3.8) is 0 Å². The van der Waals surface area contributed by atoms with Crippen molar-refractivity contribution in [3.05, 3.63) is 33.8 Å². The first kappa shape index (κ1) is 16.5. The first-order valence-corrected chi connectivity index (χ1v) is 8.39. The zero-order valence-electron chi connectivity index (χ0n) is 10.3. The van der Waals surface area contributed by atoms with Gasteiger partial charge in [-0.1, -0.05) is 6.07 Å². The zero-order valence-corrected chi connectivity index (χ0v) is 12.7. The Kier molecular flexibility index (Phi) is 5.84. The van der Waals surface area contributed by atoms with E-state index in [9.17, 15) is 17.2 Å². The SMILES string of the molecule is CS(=O)(=O)CCCC(NN)c1ccc(F)c(F)c1Br. The van der Waals surface area contributed by atoms with Crippen LogP contribution >= 0.6 is 15.9 Å². The quantitative estimate of drug-likeness (QED) is 0.464. The second-order valence-corrected chi connectivity index (χ2v) is 7.31. The van der Waals surface area contributed by atoms with E-state index in [0.29, 0.717) is 18.4 Å². The molecule has 1 aromatic carbocycles. The van der Waals surface area contributed by atoms with Crippen LogP contribution in [0.25, 0.3) is 0 Å². The molecule has 8 heteroatoms. The highest BCUT2D eigenvalue weighted by atomic mass is 79.9. The second-order valence-electron chi connectivity index (χ2n) is 4.26. The summed E-state index contributed by atoms with van der Waals surface area (Å²) >= 11 is 2.98. The van der Waals surface area contributed by atoms with E-state index in [1.165, 1.54) is 6.07 Å². The number of benzene rings is 1. The van der Waals surface area contributed by atoms with Crippen molar-refractivity contribution in [1.82, 2.24) is 5.43 Å². The van der Waals surface area contributed by atoms with Crippen molar-refractivity contribution in [3.8, 4) is 0 Å². The molecule has 0 aliphatic rings. The highest BCUT2D eigenvalue weighted by Crippen LogP contribution is 2.29. The number of hydrazine groups is 1. The predicted molar refractivity (Wildman–Crippen MR) is 73.1 cm³/mol. The number of nitrogens with two attached hydrogens (primary N) is 1. The Morgan fingerprint density at radius 3 is 2.58 bits per heavy atom. The Hall–Kier alpha value is -0.570. The molecule has 0 amide bonds. The molecule has 0 saturated heterocycles. The molecule has 0 aliphatic carbocycles. The van der Waals surface area contributed by atoms with Gasteiger partial charge in [-0.05, 0) is 40.4 Å². The number of hydrogen-bond donors (Lipinski definition) is 2. The van der Waals surface area contributed by atoms with E-state index in [2.05, 4.69) is 21.4 Å². The number of sulfone groups is 1. The van der Waals surface area contributed by atoms with Gasteiger partial charge in [-0.15, -0.1) is 0 Å². The van der Waals surface area contributed by atoms with Gasteiger partial charge >= 0.3 is 0 Å². The van der Waals surface area contributed by atoms with E-state index in [-0.39, 0.29) is 10.2 Å². The number of nitrogens with one attached hydrogen (secondary N) is 1. The molecule has 108 valence electrons. The lowest BCUT2D eigenvalue weighted by molar-refractivity contribution is 0.479. The molecule has 19 heavy (non-hydrogen) atoms. The molecule has 0 radical (unpaired) electrons. The van der Waals surface area contributed by atoms with Crippen LogP contribution < -0.4 is 11.3 Å². The van der Waals surface area contributed by atoms with E-state index < -0.39 is 27.5 Å². The zero-order chi connectivity index (χ0) is 14.6.